The summed E-state index contributed by atoms with van der Waals surface area (Å²) in [5.41, 5.74) is 1.43. The van der Waals surface area contributed by atoms with Crippen LogP contribution in [0.1, 0.15) is 31.2 Å². The molecule has 156 valence electrons. The first kappa shape index (κ1) is 22.3. The molecule has 0 aromatic heterocycles. The summed E-state index contributed by atoms with van der Waals surface area (Å²) < 4.78 is 6.62. The predicted octanol–water partition coefficient (Wildman–Crippen LogP) is 3.54. The highest BCUT2D eigenvalue weighted by Gasteiger charge is 2.40. The van der Waals surface area contributed by atoms with E-state index in [1.165, 1.54) is 24.9 Å². The van der Waals surface area contributed by atoms with E-state index in [1.807, 2.05) is 0 Å². The number of hydrogen-bond acceptors (Lipinski definition) is 3. The molecule has 1 aromatic carbocycles. The molecule has 0 radical (unpaired) electrons. The van der Waals surface area contributed by atoms with Gasteiger partial charge in [0.25, 0.3) is 0 Å². The van der Waals surface area contributed by atoms with Crippen LogP contribution >= 0.6 is 39.9 Å². The maximum Gasteiger partial charge on any atom is 0.194 e. The van der Waals surface area contributed by atoms with Crippen LogP contribution in [0, 0.1) is 5.92 Å². The molecule has 1 N–H and O–H groups in total. The van der Waals surface area contributed by atoms with Gasteiger partial charge >= 0.3 is 0 Å². The summed E-state index contributed by atoms with van der Waals surface area (Å²) in [5.74, 6) is 2.48. The quantitative estimate of drug-likeness (QED) is 0.338. The largest absolute Gasteiger partial charge is 0.379 e. The zero-order valence-corrected chi connectivity index (χ0v) is 20.6. The Morgan fingerprint density at radius 3 is 2.68 bits per heavy atom. The standard InChI is InChI=1S/C21H31BrN4O.HI/c1-2-23-21(24-20-13-19(20)17-3-5-18(22)6-4-17)26-8-7-16(15-26)14-25-9-11-27-12-10-25;/h3-6,16,19-20H,2,7-15H2,1H3,(H,23,24);1H. The van der Waals surface area contributed by atoms with Gasteiger partial charge in [-0.3, -0.25) is 9.89 Å². The van der Waals surface area contributed by atoms with Crippen molar-refractivity contribution in [1.29, 1.82) is 0 Å². The van der Waals surface area contributed by atoms with Crippen molar-refractivity contribution >= 4 is 45.9 Å². The molecule has 1 saturated carbocycles. The fourth-order valence-corrected chi connectivity index (χ4v) is 4.57. The fourth-order valence-electron chi connectivity index (χ4n) is 4.31. The highest BCUT2D eigenvalue weighted by molar-refractivity contribution is 14.0. The van der Waals surface area contributed by atoms with Gasteiger partial charge in [0.2, 0.25) is 0 Å². The van der Waals surface area contributed by atoms with Gasteiger partial charge in [-0.15, -0.1) is 24.0 Å². The minimum Gasteiger partial charge on any atom is -0.379 e. The number of nitrogens with zero attached hydrogens (tertiary/aromatic N) is 3. The van der Waals surface area contributed by atoms with Gasteiger partial charge in [-0.1, -0.05) is 28.1 Å². The Morgan fingerprint density at radius 1 is 1.21 bits per heavy atom. The number of ether oxygens (including phenoxy) is 1. The molecule has 2 saturated heterocycles. The van der Waals surface area contributed by atoms with Gasteiger partial charge in [0.15, 0.2) is 5.96 Å². The first-order chi connectivity index (χ1) is 13.2. The SMILES string of the molecule is CCN=C(NC1CC1c1ccc(Br)cc1)N1CCC(CN2CCOCC2)C1.I. The Hall–Kier alpha value is -0.380. The lowest BCUT2D eigenvalue weighted by Gasteiger charge is -2.29. The van der Waals surface area contributed by atoms with Crippen LogP contribution in [0.25, 0.3) is 0 Å². The van der Waals surface area contributed by atoms with Crippen LogP contribution in [0.5, 0.6) is 0 Å². The van der Waals surface area contributed by atoms with Gasteiger partial charge in [0, 0.05) is 55.7 Å². The highest BCUT2D eigenvalue weighted by Crippen LogP contribution is 2.41. The molecule has 5 nitrogen and oxygen atoms in total. The average Bonchev–Trinajstić information content (AvgIpc) is 3.29. The number of hydrogen-bond donors (Lipinski definition) is 1. The van der Waals surface area contributed by atoms with E-state index in [2.05, 4.69) is 62.2 Å². The Bertz CT molecular complexity index is 650. The van der Waals surface area contributed by atoms with Gasteiger partial charge in [0.05, 0.1) is 13.2 Å². The van der Waals surface area contributed by atoms with Gasteiger partial charge < -0.3 is 15.0 Å². The molecular formula is C21H32BrIN4O. The molecular weight excluding hydrogens is 531 g/mol. The number of guanidine groups is 1. The minimum absolute atomic E-state index is 0. The van der Waals surface area contributed by atoms with Crippen molar-refractivity contribution in [3.63, 3.8) is 0 Å². The predicted molar refractivity (Wildman–Crippen MR) is 129 cm³/mol. The summed E-state index contributed by atoms with van der Waals surface area (Å²) in [6, 6.07) is 9.28. The van der Waals surface area contributed by atoms with Crippen molar-refractivity contribution < 1.29 is 4.74 Å². The second-order valence-electron chi connectivity index (χ2n) is 7.96. The van der Waals surface area contributed by atoms with E-state index >= 15 is 0 Å². The van der Waals surface area contributed by atoms with Crippen molar-refractivity contribution in [2.24, 2.45) is 10.9 Å². The number of likely N-dealkylation sites (tertiary alicyclic amines) is 1. The molecule has 0 bridgehead atoms. The normalized spacial score (nSPS) is 28.1. The van der Waals surface area contributed by atoms with E-state index in [1.54, 1.807) is 0 Å². The molecule has 28 heavy (non-hydrogen) atoms. The van der Waals surface area contributed by atoms with Crippen LogP contribution in [-0.2, 0) is 4.74 Å². The first-order valence-corrected chi connectivity index (χ1v) is 11.1. The Labute approximate surface area is 194 Å². The molecule has 2 aliphatic heterocycles. The van der Waals surface area contributed by atoms with E-state index in [4.69, 9.17) is 9.73 Å². The molecule has 1 aromatic rings. The van der Waals surface area contributed by atoms with Crippen molar-refractivity contribution in [3.8, 4) is 0 Å². The molecule has 2 heterocycles. The molecule has 4 rings (SSSR count). The Balaban J connectivity index is 0.00000225. The highest BCUT2D eigenvalue weighted by atomic mass is 127. The number of morpholine rings is 1. The Kier molecular flexibility index (Phi) is 8.44. The molecule has 1 aliphatic carbocycles. The second kappa shape index (κ2) is 10.6. The number of halogens is 2. The summed E-state index contributed by atoms with van der Waals surface area (Å²) in [7, 11) is 0. The maximum absolute atomic E-state index is 5.48. The number of benzene rings is 1. The van der Waals surface area contributed by atoms with Crippen LogP contribution in [0.3, 0.4) is 0 Å². The summed E-state index contributed by atoms with van der Waals surface area (Å²) in [6.07, 6.45) is 2.47. The summed E-state index contributed by atoms with van der Waals surface area (Å²) in [5, 5.41) is 3.75. The lowest BCUT2D eigenvalue weighted by Crippen LogP contribution is -2.43. The van der Waals surface area contributed by atoms with E-state index in [0.29, 0.717) is 12.0 Å². The fraction of sp³-hybridized carbons (Fsp3) is 0.667. The van der Waals surface area contributed by atoms with Crippen LogP contribution in [0.15, 0.2) is 33.7 Å². The molecule has 3 unspecified atom stereocenters. The molecule has 3 aliphatic rings. The van der Waals surface area contributed by atoms with E-state index in [-0.39, 0.29) is 24.0 Å². The zero-order chi connectivity index (χ0) is 18.6. The monoisotopic (exact) mass is 562 g/mol. The van der Waals surface area contributed by atoms with Crippen LogP contribution in [-0.4, -0.2) is 74.3 Å². The van der Waals surface area contributed by atoms with E-state index < -0.39 is 0 Å². The van der Waals surface area contributed by atoms with Gasteiger partial charge in [-0.2, -0.15) is 0 Å². The maximum atomic E-state index is 5.48. The average molecular weight is 563 g/mol. The van der Waals surface area contributed by atoms with Crippen LogP contribution in [0.2, 0.25) is 0 Å². The third kappa shape index (κ3) is 5.83. The van der Waals surface area contributed by atoms with Crippen molar-refractivity contribution in [2.75, 3.05) is 52.5 Å². The molecule has 7 heteroatoms. The molecule has 0 amide bonds. The third-order valence-corrected chi connectivity index (χ3v) is 6.45. The third-order valence-electron chi connectivity index (χ3n) is 5.92. The Morgan fingerprint density at radius 2 is 1.96 bits per heavy atom. The summed E-state index contributed by atoms with van der Waals surface area (Å²) >= 11 is 3.52. The lowest BCUT2D eigenvalue weighted by atomic mass is 10.1. The molecule has 0 spiro atoms. The van der Waals surface area contributed by atoms with Crippen molar-refractivity contribution in [1.82, 2.24) is 15.1 Å². The van der Waals surface area contributed by atoms with E-state index in [0.717, 1.165) is 62.3 Å². The first-order valence-electron chi connectivity index (χ1n) is 10.3. The second-order valence-corrected chi connectivity index (χ2v) is 8.87. The number of nitrogens with one attached hydrogen (secondary N) is 1. The van der Waals surface area contributed by atoms with Gasteiger partial charge in [-0.05, 0) is 43.4 Å². The molecule has 3 atom stereocenters. The molecule has 3 fully saturated rings. The number of aliphatic imine (C=N–C) groups is 1. The topological polar surface area (TPSA) is 40.1 Å². The zero-order valence-electron chi connectivity index (χ0n) is 16.6. The smallest absolute Gasteiger partial charge is 0.194 e. The minimum atomic E-state index is 0. The summed E-state index contributed by atoms with van der Waals surface area (Å²) in [4.78, 5) is 9.84. The van der Waals surface area contributed by atoms with Gasteiger partial charge in [-0.25, -0.2) is 0 Å². The van der Waals surface area contributed by atoms with Crippen molar-refractivity contribution in [2.45, 2.75) is 31.7 Å². The summed E-state index contributed by atoms with van der Waals surface area (Å²) in [6.45, 7) is 10.4. The lowest BCUT2D eigenvalue weighted by molar-refractivity contribution is 0.0315. The number of rotatable bonds is 5. The van der Waals surface area contributed by atoms with E-state index in [9.17, 15) is 0 Å². The van der Waals surface area contributed by atoms with Gasteiger partial charge in [0.1, 0.15) is 0 Å². The van der Waals surface area contributed by atoms with Crippen LogP contribution < -0.4 is 5.32 Å². The van der Waals surface area contributed by atoms with Crippen LogP contribution in [0.4, 0.5) is 0 Å². The van der Waals surface area contributed by atoms with Crippen molar-refractivity contribution in [3.05, 3.63) is 34.3 Å².